The van der Waals surface area contributed by atoms with E-state index >= 15 is 0 Å². The fraction of sp³-hybridized carbons (Fsp3) is 0.591. The zero-order chi connectivity index (χ0) is 20.6. The van der Waals surface area contributed by atoms with E-state index in [-0.39, 0.29) is 23.5 Å². The molecule has 2 N–H and O–H groups in total. The lowest BCUT2D eigenvalue weighted by Gasteiger charge is -2.40. The molecule has 3 heterocycles. The number of thiazole rings is 1. The molecule has 0 radical (unpaired) electrons. The fourth-order valence-corrected chi connectivity index (χ4v) is 5.03. The van der Waals surface area contributed by atoms with Crippen molar-refractivity contribution in [3.05, 3.63) is 35.1 Å². The van der Waals surface area contributed by atoms with Crippen molar-refractivity contribution < 1.29 is 9.13 Å². The fourth-order valence-electron chi connectivity index (χ4n) is 4.42. The molecule has 158 valence electrons. The molecule has 2 aliphatic rings. The monoisotopic (exact) mass is 418 g/mol. The first-order valence-corrected chi connectivity index (χ1v) is 11.4. The molecule has 0 spiro atoms. The van der Waals surface area contributed by atoms with E-state index in [1.54, 1.807) is 12.1 Å². The number of halogens is 1. The molecule has 0 amide bonds. The van der Waals surface area contributed by atoms with Crippen LogP contribution in [0.4, 0.5) is 15.2 Å². The van der Waals surface area contributed by atoms with E-state index in [0.717, 1.165) is 56.7 Å². The van der Waals surface area contributed by atoms with Gasteiger partial charge in [0.05, 0.1) is 11.7 Å². The predicted octanol–water partition coefficient (Wildman–Crippen LogP) is 4.85. The Balaban J connectivity index is 1.42. The third kappa shape index (κ3) is 4.51. The largest absolute Gasteiger partial charge is 0.487 e. The number of nitrogen functional groups attached to an aromatic ring is 1. The Morgan fingerprint density at radius 3 is 2.55 bits per heavy atom. The first-order valence-electron chi connectivity index (χ1n) is 10.5. The van der Waals surface area contributed by atoms with Crippen LogP contribution in [0.1, 0.15) is 58.2 Å². The molecule has 0 bridgehead atoms. The lowest BCUT2D eigenvalue weighted by Crippen LogP contribution is -2.48. The molecule has 2 fully saturated rings. The van der Waals surface area contributed by atoms with Gasteiger partial charge in [0.25, 0.3) is 0 Å². The third-order valence-electron chi connectivity index (χ3n) is 6.07. The molecule has 1 atom stereocenters. The lowest BCUT2D eigenvalue weighted by molar-refractivity contribution is 0.0475. The summed E-state index contributed by atoms with van der Waals surface area (Å²) in [6, 6.07) is 5.52. The summed E-state index contributed by atoms with van der Waals surface area (Å²) < 4.78 is 20.9. The van der Waals surface area contributed by atoms with Gasteiger partial charge in [-0.15, -0.1) is 11.3 Å². The standard InChI is InChI=1S/C22H31FN4OS/c1-22(2,3)26-11-8-16(9-12-26)28-20-7-6-15(13-17(20)23)27-10-4-5-19(27)18-14-29-21(24)25-18/h6-7,13-14,16,19H,4-5,8-12H2,1-3H3,(H2,24,25)/t19-/m1/s1. The summed E-state index contributed by atoms with van der Waals surface area (Å²) >= 11 is 1.46. The summed E-state index contributed by atoms with van der Waals surface area (Å²) in [5, 5.41) is 2.59. The van der Waals surface area contributed by atoms with E-state index in [1.165, 1.54) is 11.3 Å². The number of benzene rings is 1. The molecule has 5 nitrogen and oxygen atoms in total. The highest BCUT2D eigenvalue weighted by Crippen LogP contribution is 2.38. The summed E-state index contributed by atoms with van der Waals surface area (Å²) in [6.45, 7) is 9.57. The minimum Gasteiger partial charge on any atom is -0.487 e. The smallest absolute Gasteiger partial charge is 0.180 e. The summed E-state index contributed by atoms with van der Waals surface area (Å²) in [4.78, 5) is 9.13. The van der Waals surface area contributed by atoms with Crippen molar-refractivity contribution in [1.29, 1.82) is 0 Å². The number of piperidine rings is 1. The zero-order valence-corrected chi connectivity index (χ0v) is 18.3. The number of aromatic nitrogens is 1. The highest BCUT2D eigenvalue weighted by molar-refractivity contribution is 7.13. The number of nitrogens with two attached hydrogens (primary N) is 1. The normalized spacial score (nSPS) is 21.7. The Morgan fingerprint density at radius 1 is 1.17 bits per heavy atom. The maximum atomic E-state index is 14.9. The van der Waals surface area contributed by atoms with Gasteiger partial charge in [0.2, 0.25) is 0 Å². The van der Waals surface area contributed by atoms with E-state index in [2.05, 4.69) is 35.6 Å². The molecule has 2 aliphatic heterocycles. The number of likely N-dealkylation sites (tertiary alicyclic amines) is 1. The van der Waals surface area contributed by atoms with Crippen molar-refractivity contribution in [1.82, 2.24) is 9.88 Å². The highest BCUT2D eigenvalue weighted by Gasteiger charge is 2.30. The Labute approximate surface area is 176 Å². The molecule has 0 aliphatic carbocycles. The van der Waals surface area contributed by atoms with Gasteiger partial charge in [-0.05, 0) is 58.6 Å². The van der Waals surface area contributed by atoms with Crippen LogP contribution in [0.15, 0.2) is 23.6 Å². The second-order valence-electron chi connectivity index (χ2n) is 9.05. The van der Waals surface area contributed by atoms with Gasteiger partial charge in [-0.1, -0.05) is 0 Å². The van der Waals surface area contributed by atoms with E-state index in [9.17, 15) is 4.39 Å². The van der Waals surface area contributed by atoms with Crippen LogP contribution >= 0.6 is 11.3 Å². The second kappa shape index (κ2) is 8.11. The summed E-state index contributed by atoms with van der Waals surface area (Å²) in [6.07, 6.45) is 4.01. The number of hydrogen-bond acceptors (Lipinski definition) is 6. The minimum absolute atomic E-state index is 0.0754. The minimum atomic E-state index is -0.288. The van der Waals surface area contributed by atoms with Crippen molar-refractivity contribution in [2.24, 2.45) is 0 Å². The SMILES string of the molecule is CC(C)(C)N1CCC(Oc2ccc(N3CCC[C@@H]3c3csc(N)n3)cc2F)CC1. The van der Waals surface area contributed by atoms with Gasteiger partial charge < -0.3 is 15.4 Å². The van der Waals surface area contributed by atoms with Crippen LogP contribution in [0.5, 0.6) is 5.75 Å². The Hall–Kier alpha value is -1.86. The lowest BCUT2D eigenvalue weighted by atomic mass is 9.99. The van der Waals surface area contributed by atoms with Crippen molar-refractivity contribution in [2.45, 2.75) is 64.1 Å². The Kier molecular flexibility index (Phi) is 5.71. The number of ether oxygens (including phenoxy) is 1. The molecular formula is C22H31FN4OS. The predicted molar refractivity (Wildman–Crippen MR) is 117 cm³/mol. The van der Waals surface area contributed by atoms with Crippen LogP contribution in [0.25, 0.3) is 0 Å². The number of rotatable bonds is 4. The van der Waals surface area contributed by atoms with Gasteiger partial charge in [0.1, 0.15) is 6.10 Å². The number of nitrogens with zero attached hydrogens (tertiary/aromatic N) is 3. The molecule has 4 rings (SSSR count). The van der Waals surface area contributed by atoms with Gasteiger partial charge in [0.15, 0.2) is 16.7 Å². The summed E-state index contributed by atoms with van der Waals surface area (Å²) in [7, 11) is 0. The molecule has 29 heavy (non-hydrogen) atoms. The van der Waals surface area contributed by atoms with Crippen molar-refractivity contribution in [2.75, 3.05) is 30.3 Å². The first-order chi connectivity index (χ1) is 13.8. The number of anilines is 2. The van der Waals surface area contributed by atoms with Gasteiger partial charge >= 0.3 is 0 Å². The van der Waals surface area contributed by atoms with Crippen LogP contribution in [0.3, 0.4) is 0 Å². The van der Waals surface area contributed by atoms with Crippen LogP contribution in [-0.2, 0) is 0 Å². The average molecular weight is 419 g/mol. The Morgan fingerprint density at radius 2 is 1.93 bits per heavy atom. The molecule has 2 aromatic rings. The molecular weight excluding hydrogens is 387 g/mol. The van der Waals surface area contributed by atoms with Crippen LogP contribution in [0.2, 0.25) is 0 Å². The maximum absolute atomic E-state index is 14.9. The summed E-state index contributed by atoms with van der Waals surface area (Å²) in [5.41, 5.74) is 7.84. The van der Waals surface area contributed by atoms with E-state index < -0.39 is 0 Å². The van der Waals surface area contributed by atoms with Crippen LogP contribution in [-0.4, -0.2) is 41.2 Å². The molecule has 2 saturated heterocycles. The molecule has 0 unspecified atom stereocenters. The topological polar surface area (TPSA) is 54.6 Å². The van der Waals surface area contributed by atoms with E-state index in [1.807, 2.05) is 11.4 Å². The van der Waals surface area contributed by atoms with Gasteiger partial charge in [-0.25, -0.2) is 9.37 Å². The third-order valence-corrected chi connectivity index (χ3v) is 6.76. The van der Waals surface area contributed by atoms with Gasteiger partial charge in [-0.2, -0.15) is 0 Å². The quantitative estimate of drug-likeness (QED) is 0.769. The van der Waals surface area contributed by atoms with Crippen molar-refractivity contribution in [3.8, 4) is 5.75 Å². The second-order valence-corrected chi connectivity index (χ2v) is 9.94. The van der Waals surface area contributed by atoms with E-state index in [0.29, 0.717) is 10.9 Å². The average Bonchev–Trinajstić information content (AvgIpc) is 3.32. The number of hydrogen-bond donors (Lipinski definition) is 1. The molecule has 7 heteroatoms. The maximum Gasteiger partial charge on any atom is 0.180 e. The van der Waals surface area contributed by atoms with Gasteiger partial charge in [-0.3, -0.25) is 4.90 Å². The van der Waals surface area contributed by atoms with Crippen molar-refractivity contribution in [3.63, 3.8) is 0 Å². The molecule has 1 aromatic carbocycles. The van der Waals surface area contributed by atoms with Crippen LogP contribution in [0, 0.1) is 5.82 Å². The first kappa shape index (κ1) is 20.4. The van der Waals surface area contributed by atoms with Gasteiger partial charge in [0, 0.05) is 42.3 Å². The van der Waals surface area contributed by atoms with Crippen LogP contribution < -0.4 is 15.4 Å². The molecule has 0 saturated carbocycles. The highest BCUT2D eigenvalue weighted by atomic mass is 32.1. The zero-order valence-electron chi connectivity index (χ0n) is 17.5. The van der Waals surface area contributed by atoms with Crippen molar-refractivity contribution >= 4 is 22.2 Å². The summed E-state index contributed by atoms with van der Waals surface area (Å²) in [5.74, 6) is 0.0702. The molecule has 1 aromatic heterocycles. The van der Waals surface area contributed by atoms with E-state index in [4.69, 9.17) is 10.5 Å². The Bertz CT molecular complexity index is 842.